The van der Waals surface area contributed by atoms with Crippen LogP contribution in [0.25, 0.3) is 0 Å². The van der Waals surface area contributed by atoms with Crippen LogP contribution in [0.1, 0.15) is 44.0 Å². The Hall–Kier alpha value is -2.11. The van der Waals surface area contributed by atoms with Gasteiger partial charge < -0.3 is 15.7 Å². The highest BCUT2D eigenvalue weighted by Crippen LogP contribution is 2.12. The van der Waals surface area contributed by atoms with Gasteiger partial charge >= 0.3 is 5.97 Å². The summed E-state index contributed by atoms with van der Waals surface area (Å²) in [5.41, 5.74) is 0.463. The van der Waals surface area contributed by atoms with E-state index in [2.05, 4.69) is 15.6 Å². The largest absolute Gasteiger partial charge is 0.480 e. The summed E-state index contributed by atoms with van der Waals surface area (Å²) in [5, 5.41) is 14.8. The van der Waals surface area contributed by atoms with Gasteiger partial charge in [0.15, 0.2) is 0 Å². The van der Waals surface area contributed by atoms with Crippen molar-refractivity contribution < 1.29 is 14.7 Å². The Kier molecular flexibility index (Phi) is 6.65. The molecule has 0 saturated carbocycles. The van der Waals surface area contributed by atoms with Gasteiger partial charge in [-0.25, -0.2) is 9.78 Å². The van der Waals surface area contributed by atoms with Crippen molar-refractivity contribution in [2.45, 2.75) is 39.7 Å². The molecule has 0 saturated heterocycles. The van der Waals surface area contributed by atoms with Gasteiger partial charge in [-0.05, 0) is 30.9 Å². The molecular formula is C15H23N3O3. The van der Waals surface area contributed by atoms with Crippen LogP contribution in [0.15, 0.2) is 18.3 Å². The second kappa shape index (κ2) is 8.24. The van der Waals surface area contributed by atoms with E-state index in [4.69, 9.17) is 5.11 Å². The van der Waals surface area contributed by atoms with Crippen molar-refractivity contribution in [2.75, 3.05) is 11.9 Å². The molecule has 0 spiro atoms. The molecule has 0 fully saturated rings. The minimum Gasteiger partial charge on any atom is -0.480 e. The maximum Gasteiger partial charge on any atom is 0.326 e. The third kappa shape index (κ3) is 5.81. The lowest BCUT2D eigenvalue weighted by Crippen LogP contribution is -2.31. The molecule has 0 radical (unpaired) electrons. The summed E-state index contributed by atoms with van der Waals surface area (Å²) < 4.78 is 0. The number of anilines is 1. The van der Waals surface area contributed by atoms with Crippen molar-refractivity contribution in [3.63, 3.8) is 0 Å². The second-order valence-electron chi connectivity index (χ2n) is 5.35. The molecule has 1 rings (SSSR count). The number of aromatic nitrogens is 1. The highest BCUT2D eigenvalue weighted by Gasteiger charge is 2.19. The van der Waals surface area contributed by atoms with Gasteiger partial charge in [0.1, 0.15) is 11.9 Å². The average Bonchev–Trinajstić information content (AvgIpc) is 2.44. The molecule has 3 N–H and O–H groups in total. The first kappa shape index (κ1) is 16.9. The Morgan fingerprint density at radius 3 is 2.52 bits per heavy atom. The summed E-state index contributed by atoms with van der Waals surface area (Å²) >= 11 is 0. The van der Waals surface area contributed by atoms with Crippen molar-refractivity contribution in [3.8, 4) is 0 Å². The van der Waals surface area contributed by atoms with Crippen LogP contribution in [0.5, 0.6) is 0 Å². The second-order valence-corrected chi connectivity index (χ2v) is 5.35. The fourth-order valence-electron chi connectivity index (χ4n) is 1.83. The number of rotatable bonds is 8. The quantitative estimate of drug-likeness (QED) is 0.683. The summed E-state index contributed by atoms with van der Waals surface area (Å²) in [5.74, 6) is -0.365. The predicted molar refractivity (Wildman–Crippen MR) is 81.4 cm³/mol. The van der Waals surface area contributed by atoms with Gasteiger partial charge in [-0.15, -0.1) is 0 Å². The summed E-state index contributed by atoms with van der Waals surface area (Å²) in [7, 11) is 0. The molecule has 1 amide bonds. The minimum atomic E-state index is -0.907. The van der Waals surface area contributed by atoms with Gasteiger partial charge in [0.05, 0.1) is 5.56 Å². The molecule has 1 aromatic rings. The standard InChI is InChI=1S/C15H23N3O3/c1-4-7-16-14(19)11-5-6-13(17-9-11)18-12(15(20)21)8-10(2)3/h5-6,9-10,12H,4,7-8H2,1-3H3,(H,16,19)(H,17,18)(H,20,21). The number of amides is 1. The fourth-order valence-corrected chi connectivity index (χ4v) is 1.83. The van der Waals surface area contributed by atoms with Gasteiger partial charge in [-0.1, -0.05) is 20.8 Å². The number of carboxylic acids is 1. The molecule has 0 aliphatic rings. The van der Waals surface area contributed by atoms with Crippen LogP contribution in [-0.4, -0.2) is 34.6 Å². The monoisotopic (exact) mass is 293 g/mol. The van der Waals surface area contributed by atoms with E-state index in [0.717, 1.165) is 6.42 Å². The molecule has 0 aliphatic carbocycles. The van der Waals surface area contributed by atoms with E-state index in [0.29, 0.717) is 24.3 Å². The highest BCUT2D eigenvalue weighted by molar-refractivity contribution is 5.94. The van der Waals surface area contributed by atoms with E-state index < -0.39 is 12.0 Å². The van der Waals surface area contributed by atoms with E-state index >= 15 is 0 Å². The lowest BCUT2D eigenvalue weighted by Gasteiger charge is -2.17. The van der Waals surface area contributed by atoms with Crippen LogP contribution in [0.2, 0.25) is 0 Å². The predicted octanol–water partition coefficient (Wildman–Crippen LogP) is 2.13. The number of hydrogen-bond donors (Lipinski definition) is 3. The number of hydrogen-bond acceptors (Lipinski definition) is 4. The molecular weight excluding hydrogens is 270 g/mol. The van der Waals surface area contributed by atoms with Crippen LogP contribution in [-0.2, 0) is 4.79 Å². The summed E-state index contributed by atoms with van der Waals surface area (Å²) in [6.07, 6.45) is 2.83. The average molecular weight is 293 g/mol. The van der Waals surface area contributed by atoms with Gasteiger partial charge in [-0.3, -0.25) is 4.79 Å². The molecule has 1 heterocycles. The third-order valence-electron chi connectivity index (χ3n) is 2.89. The first-order valence-electron chi connectivity index (χ1n) is 7.17. The Labute approximate surface area is 125 Å². The van der Waals surface area contributed by atoms with Gasteiger partial charge in [0.25, 0.3) is 5.91 Å². The van der Waals surface area contributed by atoms with E-state index in [9.17, 15) is 9.59 Å². The Morgan fingerprint density at radius 2 is 2.05 bits per heavy atom. The summed E-state index contributed by atoms with van der Waals surface area (Å²) in [6, 6.07) is 2.57. The van der Waals surface area contributed by atoms with Crippen LogP contribution >= 0.6 is 0 Å². The molecule has 1 atom stereocenters. The fraction of sp³-hybridized carbons (Fsp3) is 0.533. The van der Waals surface area contributed by atoms with Crippen molar-refractivity contribution >= 4 is 17.7 Å². The zero-order chi connectivity index (χ0) is 15.8. The van der Waals surface area contributed by atoms with Crippen LogP contribution < -0.4 is 10.6 Å². The van der Waals surface area contributed by atoms with Gasteiger partial charge in [0, 0.05) is 12.7 Å². The topological polar surface area (TPSA) is 91.3 Å². The molecule has 0 bridgehead atoms. The van der Waals surface area contributed by atoms with E-state index in [1.165, 1.54) is 6.20 Å². The first-order chi connectivity index (χ1) is 9.93. The van der Waals surface area contributed by atoms with Crippen molar-refractivity contribution in [2.24, 2.45) is 5.92 Å². The number of carboxylic acid groups (broad SMARTS) is 1. The number of carbonyl (C=O) groups excluding carboxylic acids is 1. The third-order valence-corrected chi connectivity index (χ3v) is 2.89. The highest BCUT2D eigenvalue weighted by atomic mass is 16.4. The van der Waals surface area contributed by atoms with E-state index in [-0.39, 0.29) is 11.8 Å². The van der Waals surface area contributed by atoms with Crippen LogP contribution in [0.4, 0.5) is 5.82 Å². The van der Waals surface area contributed by atoms with Gasteiger partial charge in [0.2, 0.25) is 0 Å². The minimum absolute atomic E-state index is 0.173. The number of nitrogens with one attached hydrogen (secondary N) is 2. The van der Waals surface area contributed by atoms with E-state index in [1.807, 2.05) is 20.8 Å². The number of carbonyl (C=O) groups is 2. The summed E-state index contributed by atoms with van der Waals surface area (Å²) in [4.78, 5) is 27.0. The maximum absolute atomic E-state index is 11.7. The molecule has 116 valence electrons. The number of aliphatic carboxylic acids is 1. The zero-order valence-corrected chi connectivity index (χ0v) is 12.7. The van der Waals surface area contributed by atoms with Crippen molar-refractivity contribution in [3.05, 3.63) is 23.9 Å². The smallest absolute Gasteiger partial charge is 0.326 e. The van der Waals surface area contributed by atoms with Crippen LogP contribution in [0.3, 0.4) is 0 Å². The molecule has 1 aromatic heterocycles. The van der Waals surface area contributed by atoms with Crippen molar-refractivity contribution in [1.29, 1.82) is 0 Å². The molecule has 6 heteroatoms. The maximum atomic E-state index is 11.7. The van der Waals surface area contributed by atoms with E-state index in [1.54, 1.807) is 12.1 Å². The molecule has 0 aliphatic heterocycles. The summed E-state index contributed by atoms with van der Waals surface area (Å²) in [6.45, 7) is 6.53. The number of pyridine rings is 1. The van der Waals surface area contributed by atoms with Crippen LogP contribution in [0, 0.1) is 5.92 Å². The van der Waals surface area contributed by atoms with Gasteiger partial charge in [-0.2, -0.15) is 0 Å². The first-order valence-corrected chi connectivity index (χ1v) is 7.17. The zero-order valence-electron chi connectivity index (χ0n) is 12.7. The number of nitrogens with zero attached hydrogens (tertiary/aromatic N) is 1. The normalized spacial score (nSPS) is 12.0. The Bertz CT molecular complexity index is 472. The van der Waals surface area contributed by atoms with Crippen molar-refractivity contribution in [1.82, 2.24) is 10.3 Å². The SMILES string of the molecule is CCCNC(=O)c1ccc(NC(CC(C)C)C(=O)O)nc1. The molecule has 21 heavy (non-hydrogen) atoms. The molecule has 0 aromatic carbocycles. The lowest BCUT2D eigenvalue weighted by atomic mass is 10.0. The lowest BCUT2D eigenvalue weighted by molar-refractivity contribution is -0.138. The molecule has 6 nitrogen and oxygen atoms in total. The Morgan fingerprint density at radius 1 is 1.33 bits per heavy atom. The molecule has 1 unspecified atom stereocenters. The Balaban J connectivity index is 2.68.